The van der Waals surface area contributed by atoms with Gasteiger partial charge < -0.3 is 15.0 Å². The first kappa shape index (κ1) is 13.5. The molecule has 0 aliphatic heterocycles. The van der Waals surface area contributed by atoms with Crippen LogP contribution in [0.25, 0.3) is 11.5 Å². The SMILES string of the molecule is CCCC(OCC)c1noc(-c2ccncc2N)n1. The fraction of sp³-hybridized carbons (Fsp3) is 0.462. The summed E-state index contributed by atoms with van der Waals surface area (Å²) in [5.41, 5.74) is 7.04. The molecule has 2 rings (SSSR count). The van der Waals surface area contributed by atoms with Crippen molar-refractivity contribution in [2.24, 2.45) is 0 Å². The summed E-state index contributed by atoms with van der Waals surface area (Å²) in [6.07, 6.45) is 4.92. The first-order valence-corrected chi connectivity index (χ1v) is 6.41. The van der Waals surface area contributed by atoms with Gasteiger partial charge in [0.05, 0.1) is 17.4 Å². The minimum Gasteiger partial charge on any atom is -0.397 e. The van der Waals surface area contributed by atoms with Crippen LogP contribution in [-0.4, -0.2) is 21.7 Å². The Kier molecular flexibility index (Phi) is 4.46. The Morgan fingerprint density at radius 3 is 2.95 bits per heavy atom. The van der Waals surface area contributed by atoms with Crippen molar-refractivity contribution in [1.82, 2.24) is 15.1 Å². The predicted molar refractivity (Wildman–Crippen MR) is 71.2 cm³/mol. The molecule has 6 nitrogen and oxygen atoms in total. The molecule has 0 spiro atoms. The summed E-state index contributed by atoms with van der Waals surface area (Å²) in [6, 6.07) is 1.75. The molecule has 0 amide bonds. The zero-order valence-corrected chi connectivity index (χ0v) is 11.2. The molecule has 2 heterocycles. The van der Waals surface area contributed by atoms with E-state index in [0.717, 1.165) is 12.8 Å². The van der Waals surface area contributed by atoms with Crippen LogP contribution in [0.1, 0.15) is 38.6 Å². The summed E-state index contributed by atoms with van der Waals surface area (Å²) in [4.78, 5) is 8.30. The summed E-state index contributed by atoms with van der Waals surface area (Å²) in [7, 11) is 0. The lowest BCUT2D eigenvalue weighted by molar-refractivity contribution is 0.0478. The second kappa shape index (κ2) is 6.29. The van der Waals surface area contributed by atoms with Crippen LogP contribution in [0.15, 0.2) is 23.0 Å². The van der Waals surface area contributed by atoms with Gasteiger partial charge in [-0.15, -0.1) is 0 Å². The Bertz CT molecular complexity index is 521. The summed E-state index contributed by atoms with van der Waals surface area (Å²) in [5.74, 6) is 0.964. The quantitative estimate of drug-likeness (QED) is 0.861. The van der Waals surface area contributed by atoms with E-state index >= 15 is 0 Å². The van der Waals surface area contributed by atoms with Crippen molar-refractivity contribution in [3.05, 3.63) is 24.3 Å². The topological polar surface area (TPSA) is 87.1 Å². The lowest BCUT2D eigenvalue weighted by Gasteiger charge is -2.11. The highest BCUT2D eigenvalue weighted by atomic mass is 16.5. The fourth-order valence-electron chi connectivity index (χ4n) is 1.83. The minimum atomic E-state index is -0.129. The van der Waals surface area contributed by atoms with Crippen LogP contribution in [0.3, 0.4) is 0 Å². The molecular formula is C13H18N4O2. The smallest absolute Gasteiger partial charge is 0.260 e. The number of pyridine rings is 1. The summed E-state index contributed by atoms with van der Waals surface area (Å²) in [5, 5.41) is 3.98. The minimum absolute atomic E-state index is 0.129. The second-order valence-corrected chi connectivity index (χ2v) is 4.15. The molecule has 1 atom stereocenters. The van der Waals surface area contributed by atoms with E-state index in [9.17, 15) is 0 Å². The lowest BCUT2D eigenvalue weighted by atomic mass is 10.2. The molecule has 0 aliphatic rings. The molecule has 0 bridgehead atoms. The van der Waals surface area contributed by atoms with Gasteiger partial charge in [0.2, 0.25) is 5.82 Å². The van der Waals surface area contributed by atoms with Crippen LogP contribution < -0.4 is 5.73 Å². The summed E-state index contributed by atoms with van der Waals surface area (Å²) < 4.78 is 10.9. The Hall–Kier alpha value is -1.95. The highest BCUT2D eigenvalue weighted by molar-refractivity contribution is 5.68. The zero-order chi connectivity index (χ0) is 13.7. The number of anilines is 1. The van der Waals surface area contributed by atoms with Crippen molar-refractivity contribution >= 4 is 5.69 Å². The average Bonchev–Trinajstić information content (AvgIpc) is 2.88. The Balaban J connectivity index is 2.25. The first-order chi connectivity index (χ1) is 9.26. The van der Waals surface area contributed by atoms with Crippen molar-refractivity contribution in [3.63, 3.8) is 0 Å². The van der Waals surface area contributed by atoms with Gasteiger partial charge >= 0.3 is 0 Å². The normalized spacial score (nSPS) is 12.5. The maximum Gasteiger partial charge on any atom is 0.260 e. The number of hydrogen-bond donors (Lipinski definition) is 1. The van der Waals surface area contributed by atoms with Crippen molar-refractivity contribution < 1.29 is 9.26 Å². The van der Waals surface area contributed by atoms with E-state index in [-0.39, 0.29) is 6.10 Å². The van der Waals surface area contributed by atoms with Crippen LogP contribution >= 0.6 is 0 Å². The molecule has 19 heavy (non-hydrogen) atoms. The molecule has 1 unspecified atom stereocenters. The standard InChI is InChI=1S/C13H18N4O2/c1-3-5-11(18-4-2)12-16-13(19-17-12)9-6-7-15-8-10(9)14/h6-8,11H,3-5,14H2,1-2H3. The van der Waals surface area contributed by atoms with Crippen molar-refractivity contribution in [3.8, 4) is 11.5 Å². The number of hydrogen-bond acceptors (Lipinski definition) is 6. The molecule has 2 aromatic heterocycles. The summed E-state index contributed by atoms with van der Waals surface area (Å²) in [6.45, 7) is 4.66. The molecule has 0 radical (unpaired) electrons. The van der Waals surface area contributed by atoms with Gasteiger partial charge in [0, 0.05) is 12.8 Å². The van der Waals surface area contributed by atoms with Gasteiger partial charge in [-0.3, -0.25) is 4.98 Å². The fourth-order valence-corrected chi connectivity index (χ4v) is 1.83. The molecule has 102 valence electrons. The van der Waals surface area contributed by atoms with Gasteiger partial charge in [0.25, 0.3) is 5.89 Å². The van der Waals surface area contributed by atoms with Crippen molar-refractivity contribution in [1.29, 1.82) is 0 Å². The maximum absolute atomic E-state index is 5.83. The van der Waals surface area contributed by atoms with E-state index in [2.05, 4.69) is 22.0 Å². The molecule has 0 fully saturated rings. The van der Waals surface area contributed by atoms with Gasteiger partial charge in [-0.25, -0.2) is 0 Å². The molecular weight excluding hydrogens is 244 g/mol. The van der Waals surface area contributed by atoms with Gasteiger partial charge in [-0.2, -0.15) is 4.98 Å². The molecule has 2 aromatic rings. The predicted octanol–water partition coefficient (Wildman–Crippen LogP) is 2.59. The largest absolute Gasteiger partial charge is 0.397 e. The van der Waals surface area contributed by atoms with E-state index in [4.69, 9.17) is 15.0 Å². The van der Waals surface area contributed by atoms with Crippen LogP contribution in [-0.2, 0) is 4.74 Å². The monoisotopic (exact) mass is 262 g/mol. The number of ether oxygens (including phenoxy) is 1. The molecule has 0 aliphatic carbocycles. The van der Waals surface area contributed by atoms with Gasteiger partial charge in [-0.05, 0) is 19.4 Å². The third kappa shape index (κ3) is 3.08. The number of aromatic nitrogens is 3. The molecule has 2 N–H and O–H groups in total. The van der Waals surface area contributed by atoms with E-state index in [1.807, 2.05) is 6.92 Å². The van der Waals surface area contributed by atoms with Crippen LogP contribution in [0.4, 0.5) is 5.69 Å². The molecule has 6 heteroatoms. The van der Waals surface area contributed by atoms with Crippen molar-refractivity contribution in [2.45, 2.75) is 32.8 Å². The second-order valence-electron chi connectivity index (χ2n) is 4.15. The van der Waals surface area contributed by atoms with Crippen LogP contribution in [0, 0.1) is 0 Å². The van der Waals surface area contributed by atoms with E-state index < -0.39 is 0 Å². The number of nitrogens with zero attached hydrogens (tertiary/aromatic N) is 3. The Labute approximate surface area is 112 Å². The maximum atomic E-state index is 5.83. The first-order valence-electron chi connectivity index (χ1n) is 6.41. The summed E-state index contributed by atoms with van der Waals surface area (Å²) >= 11 is 0. The van der Waals surface area contributed by atoms with Gasteiger partial charge in [0.1, 0.15) is 6.10 Å². The third-order valence-corrected chi connectivity index (χ3v) is 2.73. The Morgan fingerprint density at radius 1 is 1.42 bits per heavy atom. The van der Waals surface area contributed by atoms with Crippen LogP contribution in [0.5, 0.6) is 0 Å². The molecule has 0 saturated carbocycles. The third-order valence-electron chi connectivity index (χ3n) is 2.73. The van der Waals surface area contributed by atoms with Crippen LogP contribution in [0.2, 0.25) is 0 Å². The Morgan fingerprint density at radius 2 is 2.26 bits per heavy atom. The molecule has 0 aromatic carbocycles. The number of nitrogens with two attached hydrogens (primary N) is 1. The van der Waals surface area contributed by atoms with E-state index in [1.54, 1.807) is 18.5 Å². The zero-order valence-electron chi connectivity index (χ0n) is 11.2. The van der Waals surface area contributed by atoms with E-state index in [1.165, 1.54) is 0 Å². The average molecular weight is 262 g/mol. The number of nitrogen functional groups attached to an aromatic ring is 1. The van der Waals surface area contributed by atoms with Gasteiger partial charge in [-0.1, -0.05) is 18.5 Å². The van der Waals surface area contributed by atoms with Gasteiger partial charge in [0.15, 0.2) is 0 Å². The molecule has 0 saturated heterocycles. The number of rotatable bonds is 6. The highest BCUT2D eigenvalue weighted by Crippen LogP contribution is 2.26. The highest BCUT2D eigenvalue weighted by Gasteiger charge is 2.19. The van der Waals surface area contributed by atoms with E-state index in [0.29, 0.717) is 29.6 Å². The lowest BCUT2D eigenvalue weighted by Crippen LogP contribution is -2.06. The van der Waals surface area contributed by atoms with Crippen molar-refractivity contribution in [2.75, 3.05) is 12.3 Å².